The molecular formula is C20H30N2O4. The van der Waals surface area contributed by atoms with Crippen molar-refractivity contribution in [1.29, 1.82) is 0 Å². The van der Waals surface area contributed by atoms with Gasteiger partial charge < -0.3 is 19.1 Å². The van der Waals surface area contributed by atoms with Gasteiger partial charge in [-0.15, -0.1) is 0 Å². The molecule has 1 amide bonds. The topological polar surface area (TPSA) is 51.2 Å². The molecule has 3 rings (SSSR count). The molecule has 2 aliphatic heterocycles. The zero-order valence-electron chi connectivity index (χ0n) is 16.4. The summed E-state index contributed by atoms with van der Waals surface area (Å²) in [5.74, 6) is 1.69. The van der Waals surface area contributed by atoms with Crippen LogP contribution in [0.2, 0.25) is 0 Å². The predicted octanol–water partition coefficient (Wildman–Crippen LogP) is 2.09. The van der Waals surface area contributed by atoms with E-state index in [1.54, 1.807) is 14.2 Å². The molecule has 0 aliphatic carbocycles. The van der Waals surface area contributed by atoms with Crippen LogP contribution in [0.15, 0.2) is 12.1 Å². The van der Waals surface area contributed by atoms with Crippen molar-refractivity contribution in [2.75, 3.05) is 33.9 Å². The van der Waals surface area contributed by atoms with Crippen molar-refractivity contribution in [3.63, 3.8) is 0 Å². The third-order valence-electron chi connectivity index (χ3n) is 5.38. The molecule has 6 heteroatoms. The van der Waals surface area contributed by atoms with Gasteiger partial charge in [0.05, 0.1) is 32.5 Å². The van der Waals surface area contributed by atoms with E-state index in [9.17, 15) is 4.79 Å². The van der Waals surface area contributed by atoms with Gasteiger partial charge in [-0.3, -0.25) is 9.69 Å². The molecule has 3 atom stereocenters. The number of morpholine rings is 1. The molecule has 1 aromatic carbocycles. The van der Waals surface area contributed by atoms with Crippen molar-refractivity contribution in [3.05, 3.63) is 23.3 Å². The number of ether oxygens (including phenoxy) is 3. The minimum atomic E-state index is -0.145. The van der Waals surface area contributed by atoms with E-state index in [1.165, 1.54) is 11.1 Å². The number of rotatable bonds is 4. The molecule has 0 N–H and O–H groups in total. The predicted molar refractivity (Wildman–Crippen MR) is 99.7 cm³/mol. The molecule has 2 heterocycles. The van der Waals surface area contributed by atoms with Crippen molar-refractivity contribution in [3.8, 4) is 11.5 Å². The van der Waals surface area contributed by atoms with Crippen LogP contribution in [0.3, 0.4) is 0 Å². The first-order chi connectivity index (χ1) is 12.4. The van der Waals surface area contributed by atoms with Gasteiger partial charge in [0, 0.05) is 26.2 Å². The van der Waals surface area contributed by atoms with Gasteiger partial charge in [-0.2, -0.15) is 0 Å². The number of amides is 1. The second-order valence-corrected chi connectivity index (χ2v) is 7.37. The lowest BCUT2D eigenvalue weighted by Gasteiger charge is -2.40. The van der Waals surface area contributed by atoms with Crippen molar-refractivity contribution in [2.45, 2.75) is 52.0 Å². The molecule has 1 aromatic rings. The largest absolute Gasteiger partial charge is 0.493 e. The van der Waals surface area contributed by atoms with Crippen molar-refractivity contribution in [1.82, 2.24) is 9.80 Å². The number of methoxy groups -OCH3 is 2. The lowest BCUT2D eigenvalue weighted by molar-refractivity contribution is -0.148. The Morgan fingerprint density at radius 3 is 2.27 bits per heavy atom. The maximum absolute atomic E-state index is 13.0. The molecule has 1 saturated heterocycles. The third kappa shape index (κ3) is 3.81. The first kappa shape index (κ1) is 19.0. The molecule has 26 heavy (non-hydrogen) atoms. The van der Waals surface area contributed by atoms with Crippen LogP contribution in [-0.4, -0.2) is 67.8 Å². The summed E-state index contributed by atoms with van der Waals surface area (Å²) < 4.78 is 16.6. The average Bonchev–Trinajstić information content (AvgIpc) is 2.64. The molecular weight excluding hydrogens is 332 g/mol. The highest BCUT2D eigenvalue weighted by Crippen LogP contribution is 2.33. The van der Waals surface area contributed by atoms with Gasteiger partial charge in [-0.1, -0.05) is 0 Å². The number of fused-ring (bicyclic) bond motifs is 1. The standard InChI is InChI=1S/C20H30N2O4/c1-13-10-22(11-14(2)26-13)20(23)15(3)21-7-6-16-8-18(24-4)19(25-5)9-17(16)12-21/h8-9,13-15H,6-7,10-12H2,1-5H3. The Bertz CT molecular complexity index is 653. The molecule has 6 nitrogen and oxygen atoms in total. The molecule has 0 aromatic heterocycles. The molecule has 3 unspecified atom stereocenters. The number of hydrogen-bond donors (Lipinski definition) is 0. The highest BCUT2D eigenvalue weighted by Gasteiger charge is 2.32. The van der Waals surface area contributed by atoms with E-state index in [2.05, 4.69) is 11.0 Å². The van der Waals surface area contributed by atoms with Crippen LogP contribution in [0, 0.1) is 0 Å². The zero-order valence-corrected chi connectivity index (χ0v) is 16.4. The molecule has 0 spiro atoms. The number of nitrogens with zero attached hydrogens (tertiary/aromatic N) is 2. The van der Waals surface area contributed by atoms with E-state index in [0.29, 0.717) is 13.1 Å². The van der Waals surface area contributed by atoms with E-state index < -0.39 is 0 Å². The number of carbonyl (C=O) groups is 1. The fourth-order valence-corrected chi connectivity index (χ4v) is 4.01. The zero-order chi connectivity index (χ0) is 18.8. The van der Waals surface area contributed by atoms with E-state index in [-0.39, 0.29) is 24.2 Å². The van der Waals surface area contributed by atoms with Gasteiger partial charge in [-0.05, 0) is 50.5 Å². The second kappa shape index (κ2) is 7.84. The summed E-state index contributed by atoms with van der Waals surface area (Å²) in [5, 5.41) is 0. The summed E-state index contributed by atoms with van der Waals surface area (Å²) in [4.78, 5) is 17.2. The molecule has 0 radical (unpaired) electrons. The molecule has 0 saturated carbocycles. The van der Waals surface area contributed by atoms with Crippen LogP contribution < -0.4 is 9.47 Å². The van der Waals surface area contributed by atoms with E-state index in [0.717, 1.165) is 31.0 Å². The van der Waals surface area contributed by atoms with Crippen LogP contribution in [0.4, 0.5) is 0 Å². The Labute approximate surface area is 156 Å². The van der Waals surface area contributed by atoms with E-state index in [4.69, 9.17) is 14.2 Å². The normalized spacial score (nSPS) is 24.7. The summed E-state index contributed by atoms with van der Waals surface area (Å²) in [6.07, 6.45) is 1.09. The van der Waals surface area contributed by atoms with Crippen molar-refractivity contribution in [2.24, 2.45) is 0 Å². The minimum Gasteiger partial charge on any atom is -0.493 e. The maximum Gasteiger partial charge on any atom is 0.239 e. The fourth-order valence-electron chi connectivity index (χ4n) is 4.01. The van der Waals surface area contributed by atoms with Crippen LogP contribution in [0.5, 0.6) is 11.5 Å². The van der Waals surface area contributed by atoms with Gasteiger partial charge in [0.25, 0.3) is 0 Å². The minimum absolute atomic E-state index is 0.0914. The van der Waals surface area contributed by atoms with Crippen LogP contribution >= 0.6 is 0 Å². The summed E-state index contributed by atoms with van der Waals surface area (Å²) in [6, 6.07) is 3.95. The molecule has 1 fully saturated rings. The summed E-state index contributed by atoms with van der Waals surface area (Å²) >= 11 is 0. The Morgan fingerprint density at radius 1 is 1.12 bits per heavy atom. The molecule has 0 bridgehead atoms. The highest BCUT2D eigenvalue weighted by atomic mass is 16.5. The number of benzene rings is 1. The lowest BCUT2D eigenvalue weighted by Crippen LogP contribution is -2.54. The Balaban J connectivity index is 1.72. The van der Waals surface area contributed by atoms with E-state index >= 15 is 0 Å². The van der Waals surface area contributed by atoms with Gasteiger partial charge >= 0.3 is 0 Å². The smallest absolute Gasteiger partial charge is 0.239 e. The number of hydrogen-bond acceptors (Lipinski definition) is 5. The Kier molecular flexibility index (Phi) is 5.73. The number of carbonyl (C=O) groups excluding carboxylic acids is 1. The maximum atomic E-state index is 13.0. The molecule has 2 aliphatic rings. The van der Waals surface area contributed by atoms with E-state index in [1.807, 2.05) is 31.7 Å². The van der Waals surface area contributed by atoms with Gasteiger partial charge in [0.2, 0.25) is 5.91 Å². The Morgan fingerprint density at radius 2 is 1.69 bits per heavy atom. The lowest BCUT2D eigenvalue weighted by atomic mass is 9.97. The summed E-state index contributed by atoms with van der Waals surface area (Å²) in [6.45, 7) is 9.02. The van der Waals surface area contributed by atoms with Crippen LogP contribution in [0.1, 0.15) is 31.9 Å². The van der Waals surface area contributed by atoms with Gasteiger partial charge in [0.1, 0.15) is 0 Å². The summed E-state index contributed by atoms with van der Waals surface area (Å²) in [7, 11) is 3.31. The van der Waals surface area contributed by atoms with Gasteiger partial charge in [0.15, 0.2) is 11.5 Å². The van der Waals surface area contributed by atoms with Crippen molar-refractivity contribution < 1.29 is 19.0 Å². The molecule has 144 valence electrons. The quantitative estimate of drug-likeness (QED) is 0.821. The first-order valence-electron chi connectivity index (χ1n) is 9.35. The fraction of sp³-hybridized carbons (Fsp3) is 0.650. The van der Waals surface area contributed by atoms with Crippen molar-refractivity contribution >= 4 is 5.91 Å². The van der Waals surface area contributed by atoms with Crippen LogP contribution in [0.25, 0.3) is 0 Å². The monoisotopic (exact) mass is 362 g/mol. The van der Waals surface area contributed by atoms with Gasteiger partial charge in [-0.25, -0.2) is 0 Å². The average molecular weight is 362 g/mol. The highest BCUT2D eigenvalue weighted by molar-refractivity contribution is 5.81. The first-order valence-corrected chi connectivity index (χ1v) is 9.35. The second-order valence-electron chi connectivity index (χ2n) is 7.37. The SMILES string of the molecule is COc1cc2c(cc1OC)CN(C(C)C(=O)N1CC(C)OC(C)C1)CC2. The Hall–Kier alpha value is -1.79. The summed E-state index contributed by atoms with van der Waals surface area (Å²) in [5.41, 5.74) is 2.48. The third-order valence-corrected chi connectivity index (χ3v) is 5.38. The van der Waals surface area contributed by atoms with Crippen LogP contribution in [-0.2, 0) is 22.5 Å².